The monoisotopic (exact) mass is 212 g/mol. The molecule has 0 aromatic carbocycles. The molecule has 0 bridgehead atoms. The van der Waals surface area contributed by atoms with Crippen LogP contribution in [0.5, 0.6) is 0 Å². The van der Waals surface area contributed by atoms with E-state index in [1.54, 1.807) is 6.92 Å². The molecule has 0 aliphatic carbocycles. The second-order valence-corrected chi connectivity index (χ2v) is 3.77. The third-order valence-corrected chi connectivity index (χ3v) is 2.27. The number of nitrogens with one attached hydrogen (secondary N) is 1. The van der Waals surface area contributed by atoms with Crippen LogP contribution < -0.4 is 5.32 Å². The van der Waals surface area contributed by atoms with Crippen LogP contribution in [0.25, 0.3) is 0 Å². The molecule has 2 N–H and O–H groups in total. The third kappa shape index (κ3) is 2.79. The van der Waals surface area contributed by atoms with E-state index in [1.165, 1.54) is 6.39 Å². The lowest BCUT2D eigenvalue weighted by Crippen LogP contribution is -2.41. The van der Waals surface area contributed by atoms with Crippen LogP contribution in [-0.4, -0.2) is 28.6 Å². The number of aromatic nitrogens is 1. The molecule has 0 saturated heterocycles. The molecular formula is C10H16N2O3. The molecule has 0 aliphatic heterocycles. The van der Waals surface area contributed by atoms with Crippen molar-refractivity contribution in [2.45, 2.75) is 26.8 Å². The number of hydrogen-bond donors (Lipinski definition) is 2. The smallest absolute Gasteiger partial charge is 0.289 e. The fraction of sp³-hybridized carbons (Fsp3) is 0.600. The summed E-state index contributed by atoms with van der Waals surface area (Å²) in [6, 6.07) is -0.262. The SMILES string of the molecule is Cc1ncoc1C(=O)NC(CO)C(C)C. The molecule has 1 amide bonds. The van der Waals surface area contributed by atoms with Crippen LogP contribution in [0.15, 0.2) is 10.8 Å². The molecule has 5 nitrogen and oxygen atoms in total. The molecule has 0 saturated carbocycles. The fourth-order valence-corrected chi connectivity index (χ4v) is 1.18. The van der Waals surface area contributed by atoms with Crippen molar-refractivity contribution in [1.82, 2.24) is 10.3 Å². The van der Waals surface area contributed by atoms with E-state index in [4.69, 9.17) is 9.52 Å². The quantitative estimate of drug-likeness (QED) is 0.771. The molecule has 0 spiro atoms. The van der Waals surface area contributed by atoms with Crippen molar-refractivity contribution < 1.29 is 14.3 Å². The molecule has 84 valence electrons. The standard InChI is InChI=1S/C10H16N2O3/c1-6(2)8(4-13)12-10(14)9-7(3)11-5-15-9/h5-6,8,13H,4H2,1-3H3,(H,12,14). The van der Waals surface area contributed by atoms with Gasteiger partial charge >= 0.3 is 0 Å². The van der Waals surface area contributed by atoms with Gasteiger partial charge in [-0.05, 0) is 12.8 Å². The third-order valence-electron chi connectivity index (χ3n) is 2.27. The molecular weight excluding hydrogens is 196 g/mol. The first-order valence-corrected chi connectivity index (χ1v) is 4.88. The number of aryl methyl sites for hydroxylation is 1. The molecule has 0 aliphatic rings. The molecule has 0 fully saturated rings. The van der Waals surface area contributed by atoms with Gasteiger partial charge in [0.1, 0.15) is 0 Å². The number of nitrogens with zero attached hydrogens (tertiary/aromatic N) is 1. The summed E-state index contributed by atoms with van der Waals surface area (Å²) < 4.78 is 4.95. The van der Waals surface area contributed by atoms with E-state index in [9.17, 15) is 4.79 Å². The van der Waals surface area contributed by atoms with Crippen molar-refractivity contribution in [2.75, 3.05) is 6.61 Å². The maximum absolute atomic E-state index is 11.6. The molecule has 1 unspecified atom stereocenters. The van der Waals surface area contributed by atoms with Crippen LogP contribution in [-0.2, 0) is 0 Å². The zero-order valence-electron chi connectivity index (χ0n) is 9.15. The minimum atomic E-state index is -0.335. The highest BCUT2D eigenvalue weighted by Crippen LogP contribution is 2.07. The Morgan fingerprint density at radius 3 is 2.73 bits per heavy atom. The van der Waals surface area contributed by atoms with Crippen LogP contribution in [0.4, 0.5) is 0 Å². The van der Waals surface area contributed by atoms with Crippen molar-refractivity contribution in [1.29, 1.82) is 0 Å². The highest BCUT2D eigenvalue weighted by molar-refractivity contribution is 5.92. The van der Waals surface area contributed by atoms with E-state index in [1.807, 2.05) is 13.8 Å². The van der Waals surface area contributed by atoms with Crippen LogP contribution in [0.3, 0.4) is 0 Å². The number of carbonyl (C=O) groups is 1. The number of rotatable bonds is 4. The van der Waals surface area contributed by atoms with Gasteiger partial charge in [0.25, 0.3) is 5.91 Å². The van der Waals surface area contributed by atoms with Gasteiger partial charge in [-0.1, -0.05) is 13.8 Å². The summed E-state index contributed by atoms with van der Waals surface area (Å²) in [4.78, 5) is 15.5. The normalized spacial score (nSPS) is 12.9. The van der Waals surface area contributed by atoms with Crippen LogP contribution in [0.1, 0.15) is 30.1 Å². The number of carbonyl (C=O) groups excluding carboxylic acids is 1. The van der Waals surface area contributed by atoms with Gasteiger partial charge in [-0.2, -0.15) is 0 Å². The maximum Gasteiger partial charge on any atom is 0.289 e. The minimum absolute atomic E-state index is 0.0867. The van der Waals surface area contributed by atoms with Crippen LogP contribution >= 0.6 is 0 Å². The molecule has 15 heavy (non-hydrogen) atoms. The van der Waals surface area contributed by atoms with Crippen LogP contribution in [0, 0.1) is 12.8 Å². The Kier molecular flexibility index (Phi) is 3.85. The number of oxazole rings is 1. The predicted molar refractivity (Wildman–Crippen MR) is 54.4 cm³/mol. The van der Waals surface area contributed by atoms with Crippen molar-refractivity contribution >= 4 is 5.91 Å². The predicted octanol–water partition coefficient (Wildman–Crippen LogP) is 0.730. The van der Waals surface area contributed by atoms with Gasteiger partial charge in [0.15, 0.2) is 6.39 Å². The topological polar surface area (TPSA) is 75.4 Å². The van der Waals surface area contributed by atoms with E-state index in [-0.39, 0.29) is 30.2 Å². The molecule has 1 heterocycles. The van der Waals surface area contributed by atoms with Gasteiger partial charge in [-0.3, -0.25) is 4.79 Å². The second-order valence-electron chi connectivity index (χ2n) is 3.77. The number of amides is 1. The first-order chi connectivity index (χ1) is 7.06. The Morgan fingerprint density at radius 2 is 2.33 bits per heavy atom. The number of aliphatic hydroxyl groups excluding tert-OH is 1. The Hall–Kier alpha value is -1.36. The highest BCUT2D eigenvalue weighted by Gasteiger charge is 2.19. The Labute approximate surface area is 88.5 Å². The summed E-state index contributed by atoms with van der Waals surface area (Å²) in [5, 5.41) is 11.7. The average Bonchev–Trinajstić information content (AvgIpc) is 2.60. The van der Waals surface area contributed by atoms with Gasteiger partial charge in [0.2, 0.25) is 5.76 Å². The lowest BCUT2D eigenvalue weighted by molar-refractivity contribution is 0.0868. The van der Waals surface area contributed by atoms with Crippen molar-refractivity contribution in [3.05, 3.63) is 17.8 Å². The van der Waals surface area contributed by atoms with Crippen molar-refractivity contribution in [3.63, 3.8) is 0 Å². The van der Waals surface area contributed by atoms with E-state index in [2.05, 4.69) is 10.3 Å². The summed E-state index contributed by atoms with van der Waals surface area (Å²) in [5.41, 5.74) is 0.549. The Bertz CT molecular complexity index is 333. The van der Waals surface area contributed by atoms with E-state index in [0.29, 0.717) is 5.69 Å². The molecule has 5 heteroatoms. The molecule has 1 aromatic rings. The fourth-order valence-electron chi connectivity index (χ4n) is 1.18. The number of aliphatic hydroxyl groups is 1. The summed E-state index contributed by atoms with van der Waals surface area (Å²) in [6.07, 6.45) is 1.23. The van der Waals surface area contributed by atoms with E-state index >= 15 is 0 Å². The maximum atomic E-state index is 11.6. The zero-order valence-corrected chi connectivity index (χ0v) is 9.15. The minimum Gasteiger partial charge on any atom is -0.438 e. The first kappa shape index (κ1) is 11.7. The number of hydrogen-bond acceptors (Lipinski definition) is 4. The van der Waals surface area contributed by atoms with E-state index in [0.717, 1.165) is 0 Å². The largest absolute Gasteiger partial charge is 0.438 e. The summed E-state index contributed by atoms with van der Waals surface area (Å²) >= 11 is 0. The van der Waals surface area contributed by atoms with Crippen molar-refractivity contribution in [2.24, 2.45) is 5.92 Å². The summed E-state index contributed by atoms with van der Waals surface area (Å²) in [5.74, 6) is 0.0361. The van der Waals surface area contributed by atoms with Gasteiger partial charge in [0.05, 0.1) is 18.3 Å². The lowest BCUT2D eigenvalue weighted by Gasteiger charge is -2.19. The van der Waals surface area contributed by atoms with Crippen LogP contribution in [0.2, 0.25) is 0 Å². The second kappa shape index (κ2) is 4.93. The zero-order chi connectivity index (χ0) is 11.4. The van der Waals surface area contributed by atoms with Gasteiger partial charge < -0.3 is 14.8 Å². The average molecular weight is 212 g/mol. The Balaban J connectivity index is 2.67. The molecule has 0 radical (unpaired) electrons. The van der Waals surface area contributed by atoms with Gasteiger partial charge in [-0.25, -0.2) is 4.98 Å². The van der Waals surface area contributed by atoms with Gasteiger partial charge in [0, 0.05) is 0 Å². The van der Waals surface area contributed by atoms with Crippen molar-refractivity contribution in [3.8, 4) is 0 Å². The van der Waals surface area contributed by atoms with Gasteiger partial charge in [-0.15, -0.1) is 0 Å². The molecule has 1 atom stereocenters. The Morgan fingerprint density at radius 1 is 1.67 bits per heavy atom. The molecule has 1 rings (SSSR count). The summed E-state index contributed by atoms with van der Waals surface area (Å²) in [7, 11) is 0. The first-order valence-electron chi connectivity index (χ1n) is 4.88. The van der Waals surface area contributed by atoms with E-state index < -0.39 is 0 Å². The summed E-state index contributed by atoms with van der Waals surface area (Å²) in [6.45, 7) is 5.46. The highest BCUT2D eigenvalue weighted by atomic mass is 16.3. The molecule has 1 aromatic heterocycles. The lowest BCUT2D eigenvalue weighted by atomic mass is 10.1.